The third-order valence-corrected chi connectivity index (χ3v) is 3.21. The molecule has 0 spiro atoms. The van der Waals surface area contributed by atoms with E-state index in [1.165, 1.54) is 0 Å². The van der Waals surface area contributed by atoms with E-state index in [1.54, 1.807) is 4.90 Å². The normalized spacial score (nSPS) is 21.8. The van der Waals surface area contributed by atoms with Crippen molar-refractivity contribution in [2.24, 2.45) is 0 Å². The van der Waals surface area contributed by atoms with Gasteiger partial charge in [-0.3, -0.25) is 4.79 Å². The molecule has 0 aromatic heterocycles. The molecule has 1 aliphatic heterocycles. The number of nitrogens with one attached hydrogen (secondary N) is 1. The van der Waals surface area contributed by atoms with Gasteiger partial charge in [0.05, 0.1) is 0 Å². The molecule has 0 saturated carbocycles. The van der Waals surface area contributed by atoms with E-state index in [0.717, 1.165) is 11.5 Å². The van der Waals surface area contributed by atoms with E-state index in [1.807, 2.05) is 18.7 Å². The molecule has 0 aromatic carbocycles. The number of carboxylic acids is 1. The third kappa shape index (κ3) is 3.10. The van der Waals surface area contributed by atoms with Gasteiger partial charge in [0.15, 0.2) is 0 Å². The molecule has 0 aromatic rings. The molecule has 6 heteroatoms. The highest BCUT2D eigenvalue weighted by Crippen LogP contribution is 2.15. The Kier molecular flexibility index (Phi) is 4.06. The van der Waals surface area contributed by atoms with Crippen LogP contribution in [0.4, 0.5) is 4.79 Å². The Balaban J connectivity index is 2.38. The van der Waals surface area contributed by atoms with Gasteiger partial charge in [0.1, 0.15) is 6.54 Å². The number of carboxylic acid groups (broad SMARTS) is 1. The lowest BCUT2D eigenvalue weighted by Crippen LogP contribution is -2.50. The van der Waals surface area contributed by atoms with Gasteiger partial charge in [0.2, 0.25) is 0 Å². The van der Waals surface area contributed by atoms with E-state index < -0.39 is 5.97 Å². The van der Waals surface area contributed by atoms with Crippen LogP contribution in [0, 0.1) is 0 Å². The van der Waals surface area contributed by atoms with Gasteiger partial charge in [-0.1, -0.05) is 0 Å². The maximum absolute atomic E-state index is 11.5. The highest BCUT2D eigenvalue weighted by atomic mass is 32.2. The van der Waals surface area contributed by atoms with E-state index in [0.29, 0.717) is 6.54 Å². The smallest absolute Gasteiger partial charge is 0.323 e. The third-order valence-electron chi connectivity index (χ3n) is 2.02. The monoisotopic (exact) mass is 218 g/mol. The molecule has 0 radical (unpaired) electrons. The molecule has 1 fully saturated rings. The van der Waals surface area contributed by atoms with E-state index in [2.05, 4.69) is 5.32 Å². The fourth-order valence-corrected chi connectivity index (χ4v) is 2.30. The van der Waals surface area contributed by atoms with E-state index in [-0.39, 0.29) is 18.6 Å². The Morgan fingerprint density at radius 3 is 2.93 bits per heavy atom. The molecule has 0 aliphatic carbocycles. The van der Waals surface area contributed by atoms with Crippen molar-refractivity contribution in [3.05, 3.63) is 0 Å². The molecular formula is C8H14N2O3S. The summed E-state index contributed by atoms with van der Waals surface area (Å²) in [7, 11) is 0. The van der Waals surface area contributed by atoms with Crippen molar-refractivity contribution in [3.63, 3.8) is 0 Å². The molecule has 1 atom stereocenters. The summed E-state index contributed by atoms with van der Waals surface area (Å²) in [6.07, 6.45) is 0. The van der Waals surface area contributed by atoms with Crippen LogP contribution in [-0.2, 0) is 4.79 Å². The number of rotatable bonds is 2. The van der Waals surface area contributed by atoms with Crippen LogP contribution in [0.3, 0.4) is 0 Å². The molecular weight excluding hydrogens is 204 g/mol. The van der Waals surface area contributed by atoms with E-state index in [9.17, 15) is 9.59 Å². The summed E-state index contributed by atoms with van der Waals surface area (Å²) in [6, 6.07) is -0.0947. The topological polar surface area (TPSA) is 69.6 Å². The largest absolute Gasteiger partial charge is 0.480 e. The molecule has 5 nitrogen and oxygen atoms in total. The standard InChI is InChI=1S/C8H14N2O3S/c1-6-5-14-3-2-10(6)8(13)9-4-7(11)12/h6H,2-5H2,1H3,(H,9,13)(H,11,12). The van der Waals surface area contributed by atoms with Gasteiger partial charge in [0, 0.05) is 24.1 Å². The minimum absolute atomic E-state index is 0.183. The van der Waals surface area contributed by atoms with Crippen LogP contribution in [0.1, 0.15) is 6.92 Å². The molecule has 1 unspecified atom stereocenters. The molecule has 1 rings (SSSR count). The summed E-state index contributed by atoms with van der Waals surface area (Å²) in [5, 5.41) is 10.7. The first-order valence-electron chi connectivity index (χ1n) is 4.45. The SMILES string of the molecule is CC1CSCCN1C(=O)NCC(=O)O. The second-order valence-corrected chi connectivity index (χ2v) is 4.32. The minimum atomic E-state index is -1.02. The zero-order valence-corrected chi connectivity index (χ0v) is 8.84. The van der Waals surface area contributed by atoms with Gasteiger partial charge in [-0.2, -0.15) is 11.8 Å². The number of hydrogen-bond acceptors (Lipinski definition) is 3. The van der Waals surface area contributed by atoms with Crippen LogP contribution in [0.25, 0.3) is 0 Å². The summed E-state index contributed by atoms with van der Waals surface area (Å²) in [5.41, 5.74) is 0. The van der Waals surface area contributed by atoms with Crippen LogP contribution in [-0.4, -0.2) is 52.6 Å². The summed E-state index contributed by atoms with van der Waals surface area (Å²) in [5.74, 6) is 0.822. The molecule has 0 bridgehead atoms. The van der Waals surface area contributed by atoms with Crippen LogP contribution in [0.5, 0.6) is 0 Å². The maximum Gasteiger partial charge on any atom is 0.323 e. The van der Waals surface area contributed by atoms with Gasteiger partial charge in [-0.15, -0.1) is 0 Å². The first-order valence-corrected chi connectivity index (χ1v) is 5.60. The lowest BCUT2D eigenvalue weighted by Gasteiger charge is -2.32. The number of hydrogen-bond donors (Lipinski definition) is 2. The molecule has 1 heterocycles. The van der Waals surface area contributed by atoms with E-state index in [4.69, 9.17) is 5.11 Å². The van der Waals surface area contributed by atoms with Crippen molar-refractivity contribution in [1.29, 1.82) is 0 Å². The van der Waals surface area contributed by atoms with Crippen molar-refractivity contribution in [2.45, 2.75) is 13.0 Å². The Morgan fingerprint density at radius 2 is 2.36 bits per heavy atom. The fraction of sp³-hybridized carbons (Fsp3) is 0.750. The number of nitrogens with zero attached hydrogens (tertiary/aromatic N) is 1. The second-order valence-electron chi connectivity index (χ2n) is 3.17. The summed E-state index contributed by atoms with van der Waals surface area (Å²) in [4.78, 5) is 23.4. The number of carbonyl (C=O) groups is 2. The van der Waals surface area contributed by atoms with Crippen LogP contribution >= 0.6 is 11.8 Å². The first kappa shape index (κ1) is 11.2. The number of thioether (sulfide) groups is 1. The predicted octanol–water partition coefficient (Wildman–Crippen LogP) is 0.218. The second kappa shape index (κ2) is 5.09. The Labute approximate surface area is 86.8 Å². The van der Waals surface area contributed by atoms with Gasteiger partial charge in [-0.25, -0.2) is 4.79 Å². The summed E-state index contributed by atoms with van der Waals surface area (Å²) in [6.45, 7) is 2.35. The Bertz CT molecular complexity index is 235. The van der Waals surface area contributed by atoms with Crippen molar-refractivity contribution in [2.75, 3.05) is 24.6 Å². The minimum Gasteiger partial charge on any atom is -0.480 e. The predicted molar refractivity (Wildman–Crippen MR) is 54.5 cm³/mol. The Hall–Kier alpha value is -0.910. The molecule has 1 aliphatic rings. The van der Waals surface area contributed by atoms with Gasteiger partial charge < -0.3 is 15.3 Å². The van der Waals surface area contributed by atoms with Crippen molar-refractivity contribution in [1.82, 2.24) is 10.2 Å². The van der Waals surface area contributed by atoms with Crippen molar-refractivity contribution >= 4 is 23.8 Å². The Morgan fingerprint density at radius 1 is 1.64 bits per heavy atom. The van der Waals surface area contributed by atoms with Gasteiger partial charge in [0.25, 0.3) is 0 Å². The molecule has 14 heavy (non-hydrogen) atoms. The number of carbonyl (C=O) groups excluding carboxylic acids is 1. The quantitative estimate of drug-likeness (QED) is 0.695. The number of urea groups is 1. The number of amides is 2. The zero-order valence-electron chi connectivity index (χ0n) is 8.02. The van der Waals surface area contributed by atoms with Crippen molar-refractivity contribution < 1.29 is 14.7 Å². The molecule has 80 valence electrons. The molecule has 2 amide bonds. The molecule has 2 N–H and O–H groups in total. The van der Waals surface area contributed by atoms with Crippen molar-refractivity contribution in [3.8, 4) is 0 Å². The fourth-order valence-electron chi connectivity index (χ4n) is 1.28. The highest BCUT2D eigenvalue weighted by Gasteiger charge is 2.23. The van der Waals surface area contributed by atoms with Gasteiger partial charge in [-0.05, 0) is 6.92 Å². The zero-order chi connectivity index (χ0) is 10.6. The van der Waals surface area contributed by atoms with E-state index >= 15 is 0 Å². The van der Waals surface area contributed by atoms with Crippen LogP contribution in [0.2, 0.25) is 0 Å². The van der Waals surface area contributed by atoms with Crippen LogP contribution in [0.15, 0.2) is 0 Å². The average Bonchev–Trinajstić information content (AvgIpc) is 2.15. The van der Waals surface area contributed by atoms with Crippen LogP contribution < -0.4 is 5.32 Å². The summed E-state index contributed by atoms with van der Waals surface area (Å²) < 4.78 is 0. The molecule has 1 saturated heterocycles. The first-order chi connectivity index (χ1) is 6.61. The lowest BCUT2D eigenvalue weighted by molar-refractivity contribution is -0.135. The average molecular weight is 218 g/mol. The maximum atomic E-state index is 11.5. The summed E-state index contributed by atoms with van der Waals surface area (Å²) >= 11 is 1.81. The highest BCUT2D eigenvalue weighted by molar-refractivity contribution is 7.99. The number of aliphatic carboxylic acids is 1. The lowest BCUT2D eigenvalue weighted by atomic mass is 10.3. The van der Waals surface area contributed by atoms with Gasteiger partial charge >= 0.3 is 12.0 Å².